The number of ether oxygens (including phenoxy) is 1. The maximum atomic E-state index is 13.5. The number of piperazine rings is 1. The Hall–Kier alpha value is -4.12. The average molecular weight is 506 g/mol. The first-order valence-electron chi connectivity index (χ1n) is 12.4. The molecule has 5 rings (SSSR count). The molecule has 1 aromatic heterocycles. The lowest BCUT2D eigenvalue weighted by Crippen LogP contribution is -2.48. The molecule has 2 aromatic carbocycles. The molecule has 0 spiro atoms. The predicted octanol–water partition coefficient (Wildman–Crippen LogP) is 2.74. The highest BCUT2D eigenvalue weighted by Crippen LogP contribution is 2.29. The summed E-state index contributed by atoms with van der Waals surface area (Å²) < 4.78 is 5.99. The van der Waals surface area contributed by atoms with Crippen LogP contribution in [0, 0.1) is 0 Å². The fourth-order valence-electron chi connectivity index (χ4n) is 4.90. The second kappa shape index (κ2) is 10.5. The van der Waals surface area contributed by atoms with E-state index in [2.05, 4.69) is 27.2 Å². The van der Waals surface area contributed by atoms with E-state index in [1.165, 1.54) is 4.90 Å². The number of hydrogen-bond donors (Lipinski definition) is 3. The number of benzene rings is 2. The SMILES string of the molecule is CN1CCC[C@H]1COc1nc(C(=O)Nc2cccc3ccccc23)c(N)c(N2CCN(C(=O)O)CC2)n1. The molecule has 1 atom stereocenters. The third-order valence-corrected chi connectivity index (χ3v) is 7.08. The summed E-state index contributed by atoms with van der Waals surface area (Å²) in [7, 11) is 2.06. The number of nitrogen functional groups attached to an aromatic ring is 1. The number of carbonyl (C=O) groups is 2. The number of carbonyl (C=O) groups excluding carboxylic acids is 1. The molecule has 0 bridgehead atoms. The lowest BCUT2D eigenvalue weighted by atomic mass is 10.1. The minimum Gasteiger partial charge on any atom is -0.465 e. The fourth-order valence-corrected chi connectivity index (χ4v) is 4.90. The van der Waals surface area contributed by atoms with Crippen molar-refractivity contribution in [1.29, 1.82) is 0 Å². The van der Waals surface area contributed by atoms with Gasteiger partial charge in [-0.15, -0.1) is 0 Å². The van der Waals surface area contributed by atoms with Crippen LogP contribution >= 0.6 is 0 Å². The molecule has 2 aliphatic heterocycles. The van der Waals surface area contributed by atoms with Crippen LogP contribution < -0.4 is 20.7 Å². The van der Waals surface area contributed by atoms with Gasteiger partial charge < -0.3 is 35.6 Å². The van der Waals surface area contributed by atoms with Gasteiger partial charge in [0, 0.05) is 43.3 Å². The van der Waals surface area contributed by atoms with Gasteiger partial charge in [0.1, 0.15) is 12.3 Å². The van der Waals surface area contributed by atoms with Crippen molar-refractivity contribution in [1.82, 2.24) is 19.8 Å². The molecule has 11 heteroatoms. The normalized spacial score (nSPS) is 18.2. The Labute approximate surface area is 214 Å². The number of amides is 2. The third kappa shape index (κ3) is 5.21. The van der Waals surface area contributed by atoms with Crippen molar-refractivity contribution in [3.05, 3.63) is 48.2 Å². The predicted molar refractivity (Wildman–Crippen MR) is 141 cm³/mol. The summed E-state index contributed by atoms with van der Waals surface area (Å²) in [5.41, 5.74) is 7.26. The molecular formula is C26H31N7O4. The Kier molecular flexibility index (Phi) is 6.95. The van der Waals surface area contributed by atoms with E-state index in [4.69, 9.17) is 10.5 Å². The van der Waals surface area contributed by atoms with Crippen LogP contribution in [-0.2, 0) is 0 Å². The van der Waals surface area contributed by atoms with E-state index < -0.39 is 12.0 Å². The van der Waals surface area contributed by atoms with Gasteiger partial charge in [0.25, 0.3) is 5.91 Å². The molecule has 11 nitrogen and oxygen atoms in total. The van der Waals surface area contributed by atoms with Gasteiger partial charge in [-0.05, 0) is 37.9 Å². The molecule has 0 radical (unpaired) electrons. The number of fused-ring (bicyclic) bond motifs is 1. The van der Waals surface area contributed by atoms with Crippen molar-refractivity contribution in [2.75, 3.05) is 62.3 Å². The molecule has 2 aliphatic rings. The number of aromatic nitrogens is 2. The Balaban J connectivity index is 1.44. The molecule has 194 valence electrons. The summed E-state index contributed by atoms with van der Waals surface area (Å²) in [5.74, 6) is -0.0950. The van der Waals surface area contributed by atoms with E-state index in [9.17, 15) is 14.7 Å². The highest BCUT2D eigenvalue weighted by Gasteiger charge is 2.28. The molecule has 2 saturated heterocycles. The van der Waals surface area contributed by atoms with Gasteiger partial charge in [-0.25, -0.2) is 4.79 Å². The number of likely N-dealkylation sites (N-methyl/N-ethyl adjacent to an activating group) is 1. The minimum atomic E-state index is -0.963. The first kappa shape index (κ1) is 24.6. The summed E-state index contributed by atoms with van der Waals surface area (Å²) in [6.07, 6.45) is 1.16. The average Bonchev–Trinajstić information content (AvgIpc) is 3.32. The molecule has 2 amide bonds. The standard InChI is InChI=1S/C26H31N7O4/c1-31-11-5-8-18(31)16-37-25-29-22(21(27)23(30-25)32-12-14-33(15-13-32)26(35)36)24(34)28-20-10-4-7-17-6-2-3-9-19(17)20/h2-4,6-7,9-10,18H,5,8,11-16,27H2,1H3,(H,28,34)(H,35,36)/t18-/m0/s1. The van der Waals surface area contributed by atoms with Crippen LogP contribution in [0.4, 0.5) is 22.0 Å². The molecule has 0 saturated carbocycles. The van der Waals surface area contributed by atoms with E-state index in [0.29, 0.717) is 44.3 Å². The third-order valence-electron chi connectivity index (χ3n) is 7.08. The molecule has 2 fully saturated rings. The smallest absolute Gasteiger partial charge is 0.407 e. The second-order valence-electron chi connectivity index (χ2n) is 9.42. The summed E-state index contributed by atoms with van der Waals surface area (Å²) >= 11 is 0. The van der Waals surface area contributed by atoms with Crippen molar-refractivity contribution < 1.29 is 19.4 Å². The van der Waals surface area contributed by atoms with E-state index >= 15 is 0 Å². The van der Waals surface area contributed by atoms with Gasteiger partial charge in [-0.2, -0.15) is 9.97 Å². The van der Waals surface area contributed by atoms with Crippen LogP contribution in [0.1, 0.15) is 23.3 Å². The van der Waals surface area contributed by atoms with Crippen LogP contribution in [0.5, 0.6) is 6.01 Å². The maximum absolute atomic E-state index is 13.5. The van der Waals surface area contributed by atoms with Crippen LogP contribution in [0.2, 0.25) is 0 Å². The summed E-state index contributed by atoms with van der Waals surface area (Å²) in [5, 5.41) is 14.1. The van der Waals surface area contributed by atoms with Gasteiger partial charge in [0.05, 0.1) is 0 Å². The maximum Gasteiger partial charge on any atom is 0.407 e. The number of hydrogen-bond acceptors (Lipinski definition) is 8. The van der Waals surface area contributed by atoms with Crippen molar-refractivity contribution >= 4 is 40.0 Å². The van der Waals surface area contributed by atoms with Crippen molar-refractivity contribution in [3.8, 4) is 6.01 Å². The Morgan fingerprint density at radius 2 is 1.84 bits per heavy atom. The van der Waals surface area contributed by atoms with Crippen LogP contribution in [0.25, 0.3) is 10.8 Å². The molecule has 0 aliphatic carbocycles. The zero-order valence-electron chi connectivity index (χ0n) is 20.8. The Bertz CT molecular complexity index is 1300. The molecular weight excluding hydrogens is 474 g/mol. The summed E-state index contributed by atoms with van der Waals surface area (Å²) in [4.78, 5) is 39.2. The minimum absolute atomic E-state index is 0.0216. The number of nitrogens with zero attached hydrogens (tertiary/aromatic N) is 5. The molecule has 37 heavy (non-hydrogen) atoms. The molecule has 3 heterocycles. The van der Waals surface area contributed by atoms with Gasteiger partial charge in [0.2, 0.25) is 0 Å². The van der Waals surface area contributed by atoms with Gasteiger partial charge in [-0.3, -0.25) is 4.79 Å². The molecule has 3 aromatic rings. The van der Waals surface area contributed by atoms with E-state index in [1.807, 2.05) is 47.4 Å². The van der Waals surface area contributed by atoms with Crippen molar-refractivity contribution in [2.45, 2.75) is 18.9 Å². The Morgan fingerprint density at radius 3 is 2.57 bits per heavy atom. The van der Waals surface area contributed by atoms with Crippen molar-refractivity contribution in [3.63, 3.8) is 0 Å². The number of anilines is 3. The topological polar surface area (TPSA) is 137 Å². The Morgan fingerprint density at radius 1 is 1.08 bits per heavy atom. The van der Waals surface area contributed by atoms with E-state index in [0.717, 1.165) is 30.2 Å². The highest BCUT2D eigenvalue weighted by atomic mass is 16.5. The molecule has 0 unspecified atom stereocenters. The van der Waals surface area contributed by atoms with E-state index in [-0.39, 0.29) is 23.4 Å². The number of carboxylic acid groups (broad SMARTS) is 1. The fraction of sp³-hybridized carbons (Fsp3) is 0.385. The second-order valence-corrected chi connectivity index (χ2v) is 9.42. The van der Waals surface area contributed by atoms with Crippen LogP contribution in [-0.4, -0.2) is 89.3 Å². The number of nitrogens with one attached hydrogen (secondary N) is 1. The van der Waals surface area contributed by atoms with Crippen LogP contribution in [0.3, 0.4) is 0 Å². The van der Waals surface area contributed by atoms with Crippen molar-refractivity contribution in [2.24, 2.45) is 0 Å². The number of rotatable bonds is 6. The monoisotopic (exact) mass is 505 g/mol. The highest BCUT2D eigenvalue weighted by molar-refractivity contribution is 6.11. The zero-order chi connectivity index (χ0) is 25.9. The van der Waals surface area contributed by atoms with Gasteiger partial charge in [0.15, 0.2) is 11.5 Å². The van der Waals surface area contributed by atoms with Gasteiger partial charge in [-0.1, -0.05) is 36.4 Å². The first-order valence-corrected chi connectivity index (χ1v) is 12.4. The zero-order valence-corrected chi connectivity index (χ0v) is 20.8. The summed E-state index contributed by atoms with van der Waals surface area (Å²) in [6.45, 7) is 2.80. The first-order chi connectivity index (χ1) is 17.9. The quantitative estimate of drug-likeness (QED) is 0.462. The summed E-state index contributed by atoms with van der Waals surface area (Å²) in [6, 6.07) is 13.8. The lowest BCUT2D eigenvalue weighted by Gasteiger charge is -2.34. The number of likely N-dealkylation sites (tertiary alicyclic amines) is 1. The van der Waals surface area contributed by atoms with Gasteiger partial charge >= 0.3 is 12.1 Å². The van der Waals surface area contributed by atoms with Crippen LogP contribution in [0.15, 0.2) is 42.5 Å². The number of nitrogens with two attached hydrogens (primary N) is 1. The molecule has 4 N–H and O–H groups in total. The largest absolute Gasteiger partial charge is 0.465 e. The van der Waals surface area contributed by atoms with E-state index in [1.54, 1.807) is 0 Å². The lowest BCUT2D eigenvalue weighted by molar-refractivity contribution is 0.102.